The molecule has 0 radical (unpaired) electrons. The van der Waals surface area contributed by atoms with Crippen LogP contribution in [0.3, 0.4) is 0 Å². The van der Waals surface area contributed by atoms with Crippen LogP contribution >= 0.6 is 0 Å². The van der Waals surface area contributed by atoms with E-state index in [1.807, 2.05) is 0 Å². The smallest absolute Gasteiger partial charge is 0.208 e. The van der Waals surface area contributed by atoms with Crippen molar-refractivity contribution < 1.29 is 8.42 Å². The summed E-state index contributed by atoms with van der Waals surface area (Å²) in [5, 5.41) is 0. The Morgan fingerprint density at radius 2 is 1.92 bits per heavy atom. The van der Waals surface area contributed by atoms with Gasteiger partial charge in [0.2, 0.25) is 10.0 Å². The summed E-state index contributed by atoms with van der Waals surface area (Å²) in [5.74, 6) is 0.446. The molecule has 0 bridgehead atoms. The Kier molecular flexibility index (Phi) is 6.33. The molecule has 1 atom stereocenters. The Labute approximate surface area is 82.0 Å². The lowest BCUT2D eigenvalue weighted by atomic mass is 10.0. The second kappa shape index (κ2) is 6.38. The van der Waals surface area contributed by atoms with Crippen LogP contribution < -0.4 is 4.72 Å². The van der Waals surface area contributed by atoms with Crippen molar-refractivity contribution in [2.24, 2.45) is 5.92 Å². The predicted molar refractivity (Wildman–Crippen MR) is 56.2 cm³/mol. The molecule has 0 saturated heterocycles. The summed E-state index contributed by atoms with van der Waals surface area (Å²) in [6, 6.07) is 0. The van der Waals surface area contributed by atoms with Crippen molar-refractivity contribution in [1.29, 1.82) is 0 Å². The fraction of sp³-hybridized carbons (Fsp3) is 1.00. The predicted octanol–water partition coefficient (Wildman–Crippen LogP) is 1.75. The maximum Gasteiger partial charge on any atom is 0.208 e. The first-order chi connectivity index (χ1) is 5.95. The molecule has 1 N–H and O–H groups in total. The maximum absolute atomic E-state index is 10.8. The molecule has 0 aromatic rings. The lowest BCUT2D eigenvalue weighted by Gasteiger charge is -2.10. The van der Waals surface area contributed by atoms with E-state index in [2.05, 4.69) is 18.6 Å². The second-order valence-corrected chi connectivity index (χ2v) is 5.55. The SMILES string of the molecule is CCCCCC(C)CNS(C)(=O)=O. The summed E-state index contributed by atoms with van der Waals surface area (Å²) < 4.78 is 24.0. The van der Waals surface area contributed by atoms with Crippen LogP contribution in [0.2, 0.25) is 0 Å². The molecule has 13 heavy (non-hydrogen) atoms. The van der Waals surface area contributed by atoms with Gasteiger partial charge in [-0.15, -0.1) is 0 Å². The van der Waals surface area contributed by atoms with Crippen molar-refractivity contribution in [3.63, 3.8) is 0 Å². The Hall–Kier alpha value is -0.0900. The average molecular weight is 207 g/mol. The zero-order chi connectivity index (χ0) is 10.3. The zero-order valence-electron chi connectivity index (χ0n) is 8.84. The third kappa shape index (κ3) is 9.83. The molecular formula is C9H21NO2S. The van der Waals surface area contributed by atoms with Crippen molar-refractivity contribution in [3.05, 3.63) is 0 Å². The van der Waals surface area contributed by atoms with Gasteiger partial charge in [-0.2, -0.15) is 0 Å². The van der Waals surface area contributed by atoms with Crippen molar-refractivity contribution in [3.8, 4) is 0 Å². The van der Waals surface area contributed by atoms with E-state index in [0.717, 1.165) is 6.42 Å². The fourth-order valence-electron chi connectivity index (χ4n) is 1.14. The molecule has 0 aliphatic rings. The lowest BCUT2D eigenvalue weighted by Crippen LogP contribution is -2.27. The summed E-state index contributed by atoms with van der Waals surface area (Å²) in [6.07, 6.45) is 5.96. The van der Waals surface area contributed by atoms with Gasteiger partial charge >= 0.3 is 0 Å². The minimum atomic E-state index is -3.00. The lowest BCUT2D eigenvalue weighted by molar-refractivity contribution is 0.484. The molecule has 0 aromatic carbocycles. The number of unbranched alkanes of at least 4 members (excludes halogenated alkanes) is 2. The molecule has 0 aromatic heterocycles. The van der Waals surface area contributed by atoms with Crippen LogP contribution in [-0.2, 0) is 10.0 Å². The van der Waals surface area contributed by atoms with Crippen molar-refractivity contribution in [2.45, 2.75) is 39.5 Å². The molecule has 0 spiro atoms. The van der Waals surface area contributed by atoms with Gasteiger partial charge in [-0.25, -0.2) is 13.1 Å². The van der Waals surface area contributed by atoms with Gasteiger partial charge in [-0.1, -0.05) is 33.1 Å². The van der Waals surface area contributed by atoms with Crippen LogP contribution in [0.15, 0.2) is 0 Å². The summed E-state index contributed by atoms with van der Waals surface area (Å²) >= 11 is 0. The summed E-state index contributed by atoms with van der Waals surface area (Å²) in [5.41, 5.74) is 0. The number of sulfonamides is 1. The molecule has 1 unspecified atom stereocenters. The molecule has 4 heteroatoms. The van der Waals surface area contributed by atoms with Crippen LogP contribution in [0.1, 0.15) is 39.5 Å². The highest BCUT2D eigenvalue weighted by Crippen LogP contribution is 2.08. The van der Waals surface area contributed by atoms with Crippen molar-refractivity contribution >= 4 is 10.0 Å². The van der Waals surface area contributed by atoms with E-state index in [0.29, 0.717) is 12.5 Å². The number of hydrogen-bond donors (Lipinski definition) is 1. The quantitative estimate of drug-likeness (QED) is 0.646. The fourth-order valence-corrected chi connectivity index (χ4v) is 1.73. The van der Waals surface area contributed by atoms with E-state index < -0.39 is 10.0 Å². The van der Waals surface area contributed by atoms with E-state index >= 15 is 0 Å². The second-order valence-electron chi connectivity index (χ2n) is 3.72. The van der Waals surface area contributed by atoms with Gasteiger partial charge in [0.15, 0.2) is 0 Å². The van der Waals surface area contributed by atoms with Crippen LogP contribution in [0.5, 0.6) is 0 Å². The molecule has 0 aliphatic carbocycles. The summed E-state index contributed by atoms with van der Waals surface area (Å²) in [7, 11) is -3.00. The number of nitrogens with one attached hydrogen (secondary N) is 1. The van der Waals surface area contributed by atoms with E-state index in [-0.39, 0.29) is 0 Å². The van der Waals surface area contributed by atoms with Gasteiger partial charge < -0.3 is 0 Å². The van der Waals surface area contributed by atoms with Gasteiger partial charge in [-0.05, 0) is 12.3 Å². The Bertz CT molecular complexity index is 212. The highest BCUT2D eigenvalue weighted by Gasteiger charge is 2.05. The largest absolute Gasteiger partial charge is 0.215 e. The van der Waals surface area contributed by atoms with E-state index in [4.69, 9.17) is 0 Å². The molecule has 80 valence electrons. The van der Waals surface area contributed by atoms with E-state index in [1.165, 1.54) is 25.5 Å². The molecule has 0 saturated carbocycles. The van der Waals surface area contributed by atoms with Crippen LogP contribution in [0.4, 0.5) is 0 Å². The molecular weight excluding hydrogens is 186 g/mol. The zero-order valence-corrected chi connectivity index (χ0v) is 9.65. The number of rotatable bonds is 7. The molecule has 0 amide bonds. The standard InChI is InChI=1S/C9H21NO2S/c1-4-5-6-7-9(2)8-10-13(3,11)12/h9-10H,4-8H2,1-3H3. The van der Waals surface area contributed by atoms with Crippen LogP contribution in [-0.4, -0.2) is 21.2 Å². The molecule has 0 aliphatic heterocycles. The van der Waals surface area contributed by atoms with Crippen molar-refractivity contribution in [2.75, 3.05) is 12.8 Å². The normalized spacial score (nSPS) is 14.4. The van der Waals surface area contributed by atoms with Crippen LogP contribution in [0, 0.1) is 5.92 Å². The van der Waals surface area contributed by atoms with E-state index in [9.17, 15) is 8.42 Å². The Morgan fingerprint density at radius 1 is 1.31 bits per heavy atom. The minimum Gasteiger partial charge on any atom is -0.215 e. The topological polar surface area (TPSA) is 46.2 Å². The molecule has 3 nitrogen and oxygen atoms in total. The summed E-state index contributed by atoms with van der Waals surface area (Å²) in [6.45, 7) is 4.82. The van der Waals surface area contributed by atoms with E-state index in [1.54, 1.807) is 0 Å². The number of hydrogen-bond acceptors (Lipinski definition) is 2. The van der Waals surface area contributed by atoms with Gasteiger partial charge in [-0.3, -0.25) is 0 Å². The molecule has 0 rings (SSSR count). The first-order valence-corrected chi connectivity index (χ1v) is 6.79. The molecule has 0 fully saturated rings. The maximum atomic E-state index is 10.8. The highest BCUT2D eigenvalue weighted by atomic mass is 32.2. The Morgan fingerprint density at radius 3 is 2.38 bits per heavy atom. The monoisotopic (exact) mass is 207 g/mol. The van der Waals surface area contributed by atoms with Gasteiger partial charge in [0.05, 0.1) is 6.26 Å². The molecule has 0 heterocycles. The van der Waals surface area contributed by atoms with Crippen LogP contribution in [0.25, 0.3) is 0 Å². The summed E-state index contributed by atoms with van der Waals surface area (Å²) in [4.78, 5) is 0. The Balaban J connectivity index is 3.46. The highest BCUT2D eigenvalue weighted by molar-refractivity contribution is 7.88. The van der Waals surface area contributed by atoms with Gasteiger partial charge in [0.1, 0.15) is 0 Å². The first kappa shape index (κ1) is 12.9. The third-order valence-electron chi connectivity index (χ3n) is 1.99. The van der Waals surface area contributed by atoms with Crippen molar-refractivity contribution in [1.82, 2.24) is 4.72 Å². The van der Waals surface area contributed by atoms with Gasteiger partial charge in [0, 0.05) is 6.54 Å². The minimum absolute atomic E-state index is 0.446. The van der Waals surface area contributed by atoms with Gasteiger partial charge in [0.25, 0.3) is 0 Å². The average Bonchev–Trinajstić information content (AvgIpc) is 2.00. The first-order valence-electron chi connectivity index (χ1n) is 4.90. The third-order valence-corrected chi connectivity index (χ3v) is 2.69.